The van der Waals surface area contributed by atoms with Gasteiger partial charge >= 0.3 is 0 Å². The van der Waals surface area contributed by atoms with Crippen LogP contribution >= 0.6 is 11.8 Å². The molecule has 1 aromatic rings. The van der Waals surface area contributed by atoms with Crippen molar-refractivity contribution < 1.29 is 0 Å². The summed E-state index contributed by atoms with van der Waals surface area (Å²) in [5.74, 6) is 1.10. The fourth-order valence-electron chi connectivity index (χ4n) is 1.04. The summed E-state index contributed by atoms with van der Waals surface area (Å²) in [5.41, 5.74) is 1.32. The largest absolute Gasteiger partial charge is 0.122 e. The Hall–Kier alpha value is -0.690. The average molecular weight is 148 g/mol. The first-order chi connectivity index (χ1) is 4.95. The minimum absolute atomic E-state index is 1.10. The minimum Gasteiger partial charge on any atom is -0.122 e. The maximum atomic E-state index is 2.22. The van der Waals surface area contributed by atoms with Gasteiger partial charge in [0.1, 0.15) is 0 Å². The van der Waals surface area contributed by atoms with Gasteiger partial charge in [0.15, 0.2) is 0 Å². The summed E-state index contributed by atoms with van der Waals surface area (Å²) in [6.07, 6.45) is 4.37. The van der Waals surface area contributed by atoms with Crippen molar-refractivity contribution in [2.24, 2.45) is 0 Å². The number of thioether (sulfide) groups is 1. The van der Waals surface area contributed by atoms with Crippen LogP contribution in [0.2, 0.25) is 0 Å². The molecule has 50 valence electrons. The van der Waals surface area contributed by atoms with E-state index in [1.165, 1.54) is 10.5 Å². The van der Waals surface area contributed by atoms with Crippen LogP contribution in [0, 0.1) is 0 Å². The first kappa shape index (κ1) is 6.05. The molecule has 0 nitrogen and oxygen atoms in total. The van der Waals surface area contributed by atoms with Crippen LogP contribution in [-0.4, -0.2) is 5.75 Å². The van der Waals surface area contributed by atoms with Crippen LogP contribution in [-0.2, 0) is 0 Å². The molecule has 1 aliphatic rings. The Kier molecular flexibility index (Phi) is 1.52. The lowest BCUT2D eigenvalue weighted by Gasteiger charge is -1.94. The predicted octanol–water partition coefficient (Wildman–Crippen LogP) is 2.81. The molecule has 0 aliphatic carbocycles. The van der Waals surface area contributed by atoms with Gasteiger partial charge in [0, 0.05) is 10.6 Å². The molecular formula is C9H8S. The number of hydrogen-bond donors (Lipinski definition) is 0. The molecule has 0 saturated carbocycles. The van der Waals surface area contributed by atoms with Crippen molar-refractivity contribution in [3.63, 3.8) is 0 Å². The normalized spacial score (nSPS) is 14.8. The van der Waals surface area contributed by atoms with Crippen molar-refractivity contribution in [3.05, 3.63) is 35.9 Å². The van der Waals surface area contributed by atoms with Gasteiger partial charge in [-0.2, -0.15) is 0 Å². The van der Waals surface area contributed by atoms with Gasteiger partial charge in [-0.15, -0.1) is 11.8 Å². The zero-order valence-corrected chi connectivity index (χ0v) is 6.40. The van der Waals surface area contributed by atoms with Crippen molar-refractivity contribution >= 4 is 17.8 Å². The van der Waals surface area contributed by atoms with Crippen molar-refractivity contribution in [3.8, 4) is 0 Å². The maximum Gasteiger partial charge on any atom is 0.0164 e. The summed E-state index contributed by atoms with van der Waals surface area (Å²) in [6, 6.07) is 8.61. The van der Waals surface area contributed by atoms with Crippen LogP contribution in [0.1, 0.15) is 5.56 Å². The summed E-state index contributed by atoms with van der Waals surface area (Å²) in [5, 5.41) is 0. The van der Waals surface area contributed by atoms with Gasteiger partial charge in [-0.05, 0) is 17.7 Å². The summed E-state index contributed by atoms with van der Waals surface area (Å²) in [6.45, 7) is 0. The van der Waals surface area contributed by atoms with Crippen LogP contribution in [0.4, 0.5) is 0 Å². The lowest BCUT2D eigenvalue weighted by molar-refractivity contribution is 1.45. The lowest BCUT2D eigenvalue weighted by atomic mass is 10.2. The monoisotopic (exact) mass is 148 g/mol. The van der Waals surface area contributed by atoms with Crippen molar-refractivity contribution in [1.82, 2.24) is 0 Å². The van der Waals surface area contributed by atoms with Gasteiger partial charge in [-0.1, -0.05) is 24.3 Å². The molecule has 0 spiro atoms. The molecule has 0 fully saturated rings. The average Bonchev–Trinajstić information content (AvgIpc) is 2.12. The maximum absolute atomic E-state index is 2.22. The Bertz CT molecular complexity index is 263. The van der Waals surface area contributed by atoms with E-state index in [1.807, 2.05) is 11.8 Å². The first-order valence-corrected chi connectivity index (χ1v) is 4.33. The Balaban J connectivity index is 2.53. The smallest absolute Gasteiger partial charge is 0.0164 e. The second-order valence-corrected chi connectivity index (χ2v) is 3.38. The third kappa shape index (κ3) is 1.09. The third-order valence-electron chi connectivity index (χ3n) is 1.51. The summed E-state index contributed by atoms with van der Waals surface area (Å²) >= 11 is 1.89. The van der Waals surface area contributed by atoms with Crippen LogP contribution < -0.4 is 0 Å². The Morgan fingerprint density at radius 2 is 2.30 bits per heavy atom. The molecule has 2 rings (SSSR count). The highest BCUT2D eigenvalue weighted by Crippen LogP contribution is 2.22. The SMILES string of the molecule is C1=Cc2cccc(c2)SC1. The Morgan fingerprint density at radius 1 is 1.30 bits per heavy atom. The Morgan fingerprint density at radius 3 is 3.30 bits per heavy atom. The molecule has 2 bridgehead atoms. The molecule has 0 atom stereocenters. The minimum atomic E-state index is 1.10. The number of rotatable bonds is 0. The van der Waals surface area contributed by atoms with Crippen molar-refractivity contribution in [2.75, 3.05) is 5.75 Å². The summed E-state index contributed by atoms with van der Waals surface area (Å²) in [4.78, 5) is 1.38. The quantitative estimate of drug-likeness (QED) is 0.545. The molecule has 0 radical (unpaired) electrons. The van der Waals surface area contributed by atoms with E-state index >= 15 is 0 Å². The van der Waals surface area contributed by atoms with E-state index in [0.29, 0.717) is 0 Å². The molecule has 10 heavy (non-hydrogen) atoms. The van der Waals surface area contributed by atoms with E-state index < -0.39 is 0 Å². The molecular weight excluding hydrogens is 140 g/mol. The van der Waals surface area contributed by atoms with Crippen molar-refractivity contribution in [1.29, 1.82) is 0 Å². The summed E-state index contributed by atoms with van der Waals surface area (Å²) in [7, 11) is 0. The van der Waals surface area contributed by atoms with E-state index in [9.17, 15) is 0 Å². The first-order valence-electron chi connectivity index (χ1n) is 3.34. The molecule has 0 N–H and O–H groups in total. The standard InChI is InChI=1S/C9H8S/c1-3-8-4-2-6-10-9(5-1)7-8/h1-5,7H,6H2. The fraction of sp³-hybridized carbons (Fsp3) is 0.111. The second kappa shape index (κ2) is 2.51. The van der Waals surface area contributed by atoms with E-state index in [4.69, 9.17) is 0 Å². The molecule has 0 amide bonds. The molecule has 0 unspecified atom stereocenters. The predicted molar refractivity (Wildman–Crippen MR) is 46.2 cm³/mol. The molecule has 0 aromatic heterocycles. The molecule has 1 heterocycles. The third-order valence-corrected chi connectivity index (χ3v) is 2.46. The van der Waals surface area contributed by atoms with Crippen LogP contribution in [0.25, 0.3) is 6.08 Å². The van der Waals surface area contributed by atoms with Gasteiger partial charge in [-0.3, -0.25) is 0 Å². The number of hydrogen-bond acceptors (Lipinski definition) is 1. The van der Waals surface area contributed by atoms with E-state index in [2.05, 4.69) is 36.4 Å². The fourth-order valence-corrected chi connectivity index (χ4v) is 1.82. The van der Waals surface area contributed by atoms with Crippen LogP contribution in [0.15, 0.2) is 35.2 Å². The van der Waals surface area contributed by atoms with Crippen molar-refractivity contribution in [2.45, 2.75) is 4.90 Å². The molecule has 1 aromatic carbocycles. The number of fused-ring (bicyclic) bond motifs is 2. The van der Waals surface area contributed by atoms with Gasteiger partial charge in [0.05, 0.1) is 0 Å². The van der Waals surface area contributed by atoms with E-state index in [1.54, 1.807) is 0 Å². The lowest BCUT2D eigenvalue weighted by Crippen LogP contribution is -1.70. The molecule has 0 saturated heterocycles. The second-order valence-electron chi connectivity index (χ2n) is 2.29. The molecule has 1 heteroatoms. The number of benzene rings is 1. The van der Waals surface area contributed by atoms with Gasteiger partial charge in [0.2, 0.25) is 0 Å². The van der Waals surface area contributed by atoms with E-state index in [0.717, 1.165) is 5.75 Å². The summed E-state index contributed by atoms with van der Waals surface area (Å²) < 4.78 is 0. The zero-order valence-electron chi connectivity index (χ0n) is 5.58. The Labute approximate surface area is 65.0 Å². The molecule has 1 aliphatic heterocycles. The highest BCUT2D eigenvalue weighted by molar-refractivity contribution is 7.99. The zero-order chi connectivity index (χ0) is 6.81. The topological polar surface area (TPSA) is 0 Å². The van der Waals surface area contributed by atoms with E-state index in [-0.39, 0.29) is 0 Å². The van der Waals surface area contributed by atoms with Gasteiger partial charge in [0.25, 0.3) is 0 Å². The highest BCUT2D eigenvalue weighted by Gasteiger charge is 1.96. The van der Waals surface area contributed by atoms with Gasteiger partial charge < -0.3 is 0 Å². The van der Waals surface area contributed by atoms with Crippen LogP contribution in [0.5, 0.6) is 0 Å². The van der Waals surface area contributed by atoms with Gasteiger partial charge in [-0.25, -0.2) is 0 Å². The highest BCUT2D eigenvalue weighted by atomic mass is 32.2. The van der Waals surface area contributed by atoms with Crippen LogP contribution in [0.3, 0.4) is 0 Å².